The number of nitrogens with one attached hydrogen (secondary N) is 1. The lowest BCUT2D eigenvalue weighted by Gasteiger charge is -2.10. The third-order valence-electron chi connectivity index (χ3n) is 2.37. The average molecular weight is 268 g/mol. The Balaban J connectivity index is 2.77. The normalized spacial score (nSPS) is 10.4. The number of carbonyl (C=O) groups excluding carboxylic acids is 1. The lowest BCUT2D eigenvalue weighted by molar-refractivity contribution is -0.124. The summed E-state index contributed by atoms with van der Waals surface area (Å²) in [7, 11) is 0. The van der Waals surface area contributed by atoms with E-state index in [0.29, 0.717) is 5.56 Å². The third kappa shape index (κ3) is 4.54. The Kier molecular flexibility index (Phi) is 5.24. The number of benzene rings is 1. The summed E-state index contributed by atoms with van der Waals surface area (Å²) in [4.78, 5) is 11.4. The Morgan fingerprint density at radius 3 is 2.68 bits per heavy atom. The molecular weight excluding hydrogens is 254 g/mol. The standard InChI is InChI=1S/C13H14F2N2O2/c1-8(2)12(18)17-7-9-3-4-11(19-13(14)15)10(5-9)6-16/h3-5,8,13H,7H2,1-2H3,(H,17,18). The molecule has 0 heterocycles. The monoisotopic (exact) mass is 268 g/mol. The SMILES string of the molecule is CC(C)C(=O)NCc1ccc(OC(F)F)c(C#N)c1. The minimum absolute atomic E-state index is 0.0107. The first-order valence-corrected chi connectivity index (χ1v) is 5.69. The van der Waals surface area contributed by atoms with Gasteiger partial charge in [0, 0.05) is 12.5 Å². The fraction of sp³-hybridized carbons (Fsp3) is 0.385. The number of nitriles is 1. The van der Waals surface area contributed by atoms with E-state index in [1.165, 1.54) is 18.2 Å². The highest BCUT2D eigenvalue weighted by Crippen LogP contribution is 2.21. The summed E-state index contributed by atoms with van der Waals surface area (Å²) >= 11 is 0. The molecule has 6 heteroatoms. The maximum absolute atomic E-state index is 12.1. The highest BCUT2D eigenvalue weighted by molar-refractivity contribution is 5.77. The summed E-state index contributed by atoms with van der Waals surface area (Å²) in [6.45, 7) is 0.782. The van der Waals surface area contributed by atoms with Crippen molar-refractivity contribution in [3.8, 4) is 11.8 Å². The number of ether oxygens (including phenoxy) is 1. The molecule has 1 rings (SSSR count). The minimum Gasteiger partial charge on any atom is -0.433 e. The zero-order valence-electron chi connectivity index (χ0n) is 10.6. The topological polar surface area (TPSA) is 62.1 Å². The first-order valence-electron chi connectivity index (χ1n) is 5.69. The molecule has 0 atom stereocenters. The molecule has 1 aromatic rings. The van der Waals surface area contributed by atoms with Crippen LogP contribution < -0.4 is 10.1 Å². The second-order valence-corrected chi connectivity index (χ2v) is 4.19. The summed E-state index contributed by atoms with van der Waals surface area (Å²) in [6, 6.07) is 6.02. The van der Waals surface area contributed by atoms with Gasteiger partial charge in [0.15, 0.2) is 0 Å². The number of rotatable bonds is 5. The summed E-state index contributed by atoms with van der Waals surface area (Å²) in [5, 5.41) is 11.5. The van der Waals surface area contributed by atoms with Gasteiger partial charge in [0.2, 0.25) is 5.91 Å². The van der Waals surface area contributed by atoms with E-state index in [9.17, 15) is 13.6 Å². The Morgan fingerprint density at radius 1 is 1.47 bits per heavy atom. The van der Waals surface area contributed by atoms with Crippen LogP contribution in [0.25, 0.3) is 0 Å². The average Bonchev–Trinajstić information content (AvgIpc) is 2.36. The van der Waals surface area contributed by atoms with E-state index >= 15 is 0 Å². The summed E-state index contributed by atoms with van der Waals surface area (Å²) in [6.07, 6.45) is 0. The third-order valence-corrected chi connectivity index (χ3v) is 2.37. The molecule has 0 spiro atoms. The van der Waals surface area contributed by atoms with Crippen molar-refractivity contribution in [2.75, 3.05) is 0 Å². The molecule has 1 N–H and O–H groups in total. The molecular formula is C13H14F2N2O2. The van der Waals surface area contributed by atoms with E-state index < -0.39 is 6.61 Å². The predicted octanol–water partition coefficient (Wildman–Crippen LogP) is 2.43. The molecule has 0 aromatic heterocycles. The van der Waals surface area contributed by atoms with Crippen LogP contribution in [0, 0.1) is 17.2 Å². The molecule has 19 heavy (non-hydrogen) atoms. The van der Waals surface area contributed by atoms with Crippen LogP contribution >= 0.6 is 0 Å². The molecule has 0 saturated carbocycles. The fourth-order valence-corrected chi connectivity index (χ4v) is 1.37. The summed E-state index contributed by atoms with van der Waals surface area (Å²) in [5.74, 6) is -0.431. The highest BCUT2D eigenvalue weighted by atomic mass is 19.3. The zero-order chi connectivity index (χ0) is 14.4. The molecule has 102 valence electrons. The first-order chi connectivity index (χ1) is 8.93. The van der Waals surface area contributed by atoms with Gasteiger partial charge < -0.3 is 10.1 Å². The maximum atomic E-state index is 12.1. The van der Waals surface area contributed by atoms with E-state index in [4.69, 9.17) is 5.26 Å². The lowest BCUT2D eigenvalue weighted by Crippen LogP contribution is -2.27. The molecule has 0 aliphatic rings. The van der Waals surface area contributed by atoms with Gasteiger partial charge in [0.05, 0.1) is 5.56 Å². The second kappa shape index (κ2) is 6.69. The number of hydrogen-bond acceptors (Lipinski definition) is 3. The van der Waals surface area contributed by atoms with Gasteiger partial charge in [-0.1, -0.05) is 19.9 Å². The van der Waals surface area contributed by atoms with Gasteiger partial charge in [0.25, 0.3) is 0 Å². The van der Waals surface area contributed by atoms with Crippen molar-refractivity contribution < 1.29 is 18.3 Å². The zero-order valence-corrected chi connectivity index (χ0v) is 10.6. The van der Waals surface area contributed by atoms with Crippen LogP contribution in [0.1, 0.15) is 25.0 Å². The number of nitrogens with zero attached hydrogens (tertiary/aromatic N) is 1. The molecule has 0 radical (unpaired) electrons. The number of alkyl halides is 2. The van der Waals surface area contributed by atoms with Crippen molar-refractivity contribution in [3.63, 3.8) is 0 Å². The number of amides is 1. The van der Waals surface area contributed by atoms with Crippen molar-refractivity contribution >= 4 is 5.91 Å². The molecule has 0 unspecified atom stereocenters. The Hall–Kier alpha value is -2.16. The van der Waals surface area contributed by atoms with Gasteiger partial charge in [-0.05, 0) is 17.7 Å². The fourth-order valence-electron chi connectivity index (χ4n) is 1.37. The van der Waals surface area contributed by atoms with Crippen molar-refractivity contribution in [3.05, 3.63) is 29.3 Å². The van der Waals surface area contributed by atoms with E-state index in [2.05, 4.69) is 10.1 Å². The van der Waals surface area contributed by atoms with Gasteiger partial charge in [0.1, 0.15) is 11.8 Å². The molecule has 0 fully saturated rings. The van der Waals surface area contributed by atoms with Crippen LogP contribution in [0.15, 0.2) is 18.2 Å². The van der Waals surface area contributed by atoms with Crippen LogP contribution in [0.3, 0.4) is 0 Å². The van der Waals surface area contributed by atoms with Crippen LogP contribution in [0.5, 0.6) is 5.75 Å². The van der Waals surface area contributed by atoms with Crippen molar-refractivity contribution in [1.82, 2.24) is 5.32 Å². The Morgan fingerprint density at radius 2 is 2.16 bits per heavy atom. The van der Waals surface area contributed by atoms with Crippen molar-refractivity contribution in [1.29, 1.82) is 5.26 Å². The maximum Gasteiger partial charge on any atom is 0.387 e. The predicted molar refractivity (Wildman–Crippen MR) is 64.5 cm³/mol. The molecule has 0 aliphatic heterocycles. The quantitative estimate of drug-likeness (QED) is 0.892. The van der Waals surface area contributed by atoms with Gasteiger partial charge in [-0.2, -0.15) is 14.0 Å². The summed E-state index contributed by atoms with van der Waals surface area (Å²) < 4.78 is 28.4. The van der Waals surface area contributed by atoms with E-state index in [1.807, 2.05) is 0 Å². The van der Waals surface area contributed by atoms with Crippen molar-refractivity contribution in [2.45, 2.75) is 27.0 Å². The minimum atomic E-state index is -2.97. The highest BCUT2D eigenvalue weighted by Gasteiger charge is 2.11. The van der Waals surface area contributed by atoms with Gasteiger partial charge in [-0.25, -0.2) is 0 Å². The van der Waals surface area contributed by atoms with Crippen molar-refractivity contribution in [2.24, 2.45) is 5.92 Å². The molecule has 0 aliphatic carbocycles. The van der Waals surface area contributed by atoms with Crippen LogP contribution in [0.4, 0.5) is 8.78 Å². The molecule has 0 saturated heterocycles. The summed E-state index contributed by atoms with van der Waals surface area (Å²) in [5.41, 5.74) is 0.656. The molecule has 1 aromatic carbocycles. The Bertz CT molecular complexity index is 496. The first kappa shape index (κ1) is 14.9. The molecule has 1 amide bonds. The number of hydrogen-bond donors (Lipinski definition) is 1. The number of carbonyl (C=O) groups is 1. The van der Waals surface area contributed by atoms with E-state index in [1.54, 1.807) is 19.9 Å². The van der Waals surface area contributed by atoms with Gasteiger partial charge >= 0.3 is 6.61 Å². The molecule has 0 bridgehead atoms. The van der Waals surface area contributed by atoms with E-state index in [0.717, 1.165) is 0 Å². The van der Waals surface area contributed by atoms with Crippen LogP contribution in [-0.2, 0) is 11.3 Å². The van der Waals surface area contributed by atoms with Crippen LogP contribution in [-0.4, -0.2) is 12.5 Å². The Labute approximate surface area is 110 Å². The molecule has 4 nitrogen and oxygen atoms in total. The van der Waals surface area contributed by atoms with Gasteiger partial charge in [-0.15, -0.1) is 0 Å². The van der Waals surface area contributed by atoms with Crippen LogP contribution in [0.2, 0.25) is 0 Å². The number of halogens is 2. The second-order valence-electron chi connectivity index (χ2n) is 4.19. The van der Waals surface area contributed by atoms with Gasteiger partial charge in [-0.3, -0.25) is 4.79 Å². The largest absolute Gasteiger partial charge is 0.433 e. The lowest BCUT2D eigenvalue weighted by atomic mass is 10.1. The van der Waals surface area contributed by atoms with E-state index in [-0.39, 0.29) is 29.7 Å². The smallest absolute Gasteiger partial charge is 0.387 e.